The molecule has 1 atom stereocenters. The average Bonchev–Trinajstić information content (AvgIpc) is 2.52. The number of aliphatic hydroxyl groups excluding tert-OH is 1. The van der Waals surface area contributed by atoms with E-state index in [-0.39, 0.29) is 11.2 Å². The van der Waals surface area contributed by atoms with Gasteiger partial charge in [-0.15, -0.1) is 0 Å². The van der Waals surface area contributed by atoms with Crippen LogP contribution in [0.15, 0.2) is 83.6 Å². The van der Waals surface area contributed by atoms with Crippen LogP contribution >= 0.6 is 0 Å². The van der Waals surface area contributed by atoms with E-state index in [2.05, 4.69) is 20.4 Å². The maximum absolute atomic E-state index is 12.0. The Labute approximate surface area is 152 Å². The lowest BCUT2D eigenvalue weighted by Gasteiger charge is -2.34. The molecule has 0 aromatic rings. The van der Waals surface area contributed by atoms with Gasteiger partial charge in [-0.3, -0.25) is 4.79 Å². The molecule has 0 spiro atoms. The van der Waals surface area contributed by atoms with Gasteiger partial charge in [0.25, 0.3) is 0 Å². The lowest BCUT2D eigenvalue weighted by Crippen LogP contribution is -2.35. The van der Waals surface area contributed by atoms with Crippen molar-refractivity contribution in [2.75, 3.05) is 0 Å². The van der Waals surface area contributed by atoms with Crippen molar-refractivity contribution >= 4 is 5.78 Å². The second-order valence-corrected chi connectivity index (χ2v) is 7.14. The van der Waals surface area contributed by atoms with E-state index in [1.165, 1.54) is 0 Å². The molecule has 0 bridgehead atoms. The van der Waals surface area contributed by atoms with E-state index in [0.717, 1.165) is 16.7 Å². The van der Waals surface area contributed by atoms with Gasteiger partial charge in [-0.25, -0.2) is 0 Å². The van der Waals surface area contributed by atoms with Gasteiger partial charge in [0.05, 0.1) is 0 Å². The summed E-state index contributed by atoms with van der Waals surface area (Å²) in [6.07, 6.45) is 17.3. The zero-order chi connectivity index (χ0) is 19.0. The zero-order valence-corrected chi connectivity index (χ0v) is 16.0. The Bertz CT molecular complexity index is 692. The van der Waals surface area contributed by atoms with Crippen molar-refractivity contribution in [1.29, 1.82) is 0 Å². The highest BCUT2D eigenvalue weighted by atomic mass is 16.3. The predicted molar refractivity (Wildman–Crippen MR) is 107 cm³/mol. The number of Topliss-reactive ketones (excluding diaryl/α,β-unsaturated/α-hetero) is 1. The summed E-state index contributed by atoms with van der Waals surface area (Å²) in [4.78, 5) is 12.0. The minimum atomic E-state index is -0.878. The summed E-state index contributed by atoms with van der Waals surface area (Å²) in [5.41, 5.74) is 3.71. The Kier molecular flexibility index (Phi) is 7.79. The highest BCUT2D eigenvalue weighted by Crippen LogP contribution is 2.39. The Balaban J connectivity index is 2.89. The van der Waals surface area contributed by atoms with Crippen molar-refractivity contribution in [3.63, 3.8) is 0 Å². The van der Waals surface area contributed by atoms with Crippen molar-refractivity contribution in [3.8, 4) is 0 Å². The molecule has 1 aliphatic rings. The molecule has 0 aromatic carbocycles. The van der Waals surface area contributed by atoms with Crippen molar-refractivity contribution in [2.24, 2.45) is 5.41 Å². The molecular weight excluding hydrogens is 308 g/mol. The van der Waals surface area contributed by atoms with E-state index in [4.69, 9.17) is 0 Å². The number of carbonyl (C=O) groups is 1. The molecule has 0 saturated heterocycles. The Hall–Kier alpha value is -2.19. The highest BCUT2D eigenvalue weighted by molar-refractivity contribution is 6.00. The summed E-state index contributed by atoms with van der Waals surface area (Å²) < 4.78 is 0. The third-order valence-electron chi connectivity index (χ3n) is 4.35. The topological polar surface area (TPSA) is 37.3 Å². The Morgan fingerprint density at radius 3 is 2.36 bits per heavy atom. The quantitative estimate of drug-likeness (QED) is 0.657. The summed E-state index contributed by atoms with van der Waals surface area (Å²) in [5, 5.41) is 9.88. The maximum atomic E-state index is 12.0. The van der Waals surface area contributed by atoms with Crippen molar-refractivity contribution in [3.05, 3.63) is 83.6 Å². The molecule has 0 aromatic heterocycles. The van der Waals surface area contributed by atoms with Gasteiger partial charge in [-0.05, 0) is 43.8 Å². The second-order valence-electron chi connectivity index (χ2n) is 7.14. The Morgan fingerprint density at radius 1 is 1.12 bits per heavy atom. The van der Waals surface area contributed by atoms with Gasteiger partial charge < -0.3 is 5.11 Å². The standard InChI is InChI=1S/C23H30O2/c1-7-8-9-11-17(2)12-10-13-18(3)14-15-20-19(4)22(25)21(24)16-23(20,5)6/h7-15,21,24H,1,16H2,2-6H3/b9-8+,12-10+,15-14+,17-11+,18-13+. The first-order chi connectivity index (χ1) is 11.7. The van der Waals surface area contributed by atoms with E-state index in [1.54, 1.807) is 13.0 Å². The number of hydrogen-bond acceptors (Lipinski definition) is 2. The van der Waals surface area contributed by atoms with Gasteiger partial charge in [0.15, 0.2) is 5.78 Å². The smallest absolute Gasteiger partial charge is 0.187 e. The highest BCUT2D eigenvalue weighted by Gasteiger charge is 2.36. The van der Waals surface area contributed by atoms with E-state index in [0.29, 0.717) is 12.0 Å². The van der Waals surface area contributed by atoms with Crippen LogP contribution in [0.5, 0.6) is 0 Å². The summed E-state index contributed by atoms with van der Waals surface area (Å²) in [5.74, 6) is -0.158. The molecule has 0 radical (unpaired) electrons. The fourth-order valence-corrected chi connectivity index (χ4v) is 2.89. The van der Waals surface area contributed by atoms with Crippen molar-refractivity contribution < 1.29 is 9.90 Å². The summed E-state index contributed by atoms with van der Waals surface area (Å²) in [6, 6.07) is 0. The predicted octanol–water partition coefficient (Wildman–Crippen LogP) is 5.41. The number of aliphatic hydroxyl groups is 1. The van der Waals surface area contributed by atoms with Crippen molar-refractivity contribution in [1.82, 2.24) is 0 Å². The molecule has 0 heterocycles. The molecular formula is C23H30O2. The first kappa shape index (κ1) is 20.9. The van der Waals surface area contributed by atoms with Crippen LogP contribution in [0.4, 0.5) is 0 Å². The molecule has 25 heavy (non-hydrogen) atoms. The van der Waals surface area contributed by atoms with Gasteiger partial charge in [-0.2, -0.15) is 0 Å². The van der Waals surface area contributed by atoms with E-state index in [1.807, 2.05) is 62.5 Å². The number of rotatable bonds is 6. The first-order valence-corrected chi connectivity index (χ1v) is 8.61. The molecule has 1 aliphatic carbocycles. The lowest BCUT2D eigenvalue weighted by molar-refractivity contribution is -0.125. The summed E-state index contributed by atoms with van der Waals surface area (Å²) in [7, 11) is 0. The van der Waals surface area contributed by atoms with Crippen LogP contribution in [0.2, 0.25) is 0 Å². The number of ketones is 1. The van der Waals surface area contributed by atoms with Crippen LogP contribution < -0.4 is 0 Å². The molecule has 2 nitrogen and oxygen atoms in total. The van der Waals surface area contributed by atoms with Crippen LogP contribution in [0, 0.1) is 5.41 Å². The van der Waals surface area contributed by atoms with Gasteiger partial charge in [0.2, 0.25) is 0 Å². The third kappa shape index (κ3) is 6.32. The summed E-state index contributed by atoms with van der Waals surface area (Å²) >= 11 is 0. The van der Waals surface area contributed by atoms with Crippen molar-refractivity contribution in [2.45, 2.75) is 47.1 Å². The van der Waals surface area contributed by atoms with Gasteiger partial charge in [0.1, 0.15) is 6.10 Å². The second kappa shape index (κ2) is 9.33. The minimum absolute atomic E-state index is 0.158. The van der Waals surface area contributed by atoms with E-state index in [9.17, 15) is 9.90 Å². The molecule has 0 amide bonds. The fourth-order valence-electron chi connectivity index (χ4n) is 2.89. The van der Waals surface area contributed by atoms with Gasteiger partial charge >= 0.3 is 0 Å². The maximum Gasteiger partial charge on any atom is 0.187 e. The molecule has 1 rings (SSSR count). The summed E-state index contributed by atoms with van der Waals surface area (Å²) in [6.45, 7) is 13.6. The molecule has 0 saturated carbocycles. The third-order valence-corrected chi connectivity index (χ3v) is 4.35. The number of carbonyl (C=O) groups excluding carboxylic acids is 1. The van der Waals surface area contributed by atoms with Gasteiger partial charge in [-0.1, -0.05) is 86.3 Å². The molecule has 134 valence electrons. The van der Waals surface area contributed by atoms with Crippen LogP contribution in [-0.2, 0) is 4.79 Å². The molecule has 0 fully saturated rings. The lowest BCUT2D eigenvalue weighted by atomic mass is 9.71. The van der Waals surface area contributed by atoms with Crippen LogP contribution in [0.3, 0.4) is 0 Å². The Morgan fingerprint density at radius 2 is 1.72 bits per heavy atom. The fraction of sp³-hybridized carbons (Fsp3) is 0.348. The minimum Gasteiger partial charge on any atom is -0.385 e. The molecule has 1 N–H and O–H groups in total. The number of allylic oxidation sites excluding steroid dienone is 12. The van der Waals surface area contributed by atoms with Crippen LogP contribution in [0.1, 0.15) is 41.0 Å². The number of hydrogen-bond donors (Lipinski definition) is 1. The first-order valence-electron chi connectivity index (χ1n) is 8.61. The average molecular weight is 338 g/mol. The monoisotopic (exact) mass is 338 g/mol. The van der Waals surface area contributed by atoms with E-state index < -0.39 is 6.10 Å². The van der Waals surface area contributed by atoms with Crippen LogP contribution in [0.25, 0.3) is 0 Å². The van der Waals surface area contributed by atoms with Crippen LogP contribution in [-0.4, -0.2) is 17.0 Å². The van der Waals surface area contributed by atoms with Gasteiger partial charge in [0, 0.05) is 0 Å². The molecule has 2 heteroatoms. The SMILES string of the molecule is C=C/C=C/C=C(C)/C=C/C=C(C)/C=C/C1=C(C)C(=O)C(O)CC1(C)C. The molecule has 0 aliphatic heterocycles. The van der Waals surface area contributed by atoms with E-state index >= 15 is 0 Å². The normalized spacial score (nSPS) is 22.6. The largest absolute Gasteiger partial charge is 0.385 e. The zero-order valence-electron chi connectivity index (χ0n) is 16.0. The molecule has 1 unspecified atom stereocenters.